The van der Waals surface area contributed by atoms with Crippen LogP contribution in [0.2, 0.25) is 0 Å². The Morgan fingerprint density at radius 3 is 1.90 bits per heavy atom. The average molecular weight is 415 g/mol. The normalized spacial score (nSPS) is 45.1. The van der Waals surface area contributed by atoms with Gasteiger partial charge in [0, 0.05) is 0 Å². The molecule has 0 radical (unpaired) electrons. The van der Waals surface area contributed by atoms with Gasteiger partial charge in [-0.1, -0.05) is 73.1 Å². The molecule has 0 heterocycles. The highest BCUT2D eigenvalue weighted by molar-refractivity contribution is 5.01. The molecule has 4 fully saturated rings. The smallest absolute Gasteiger partial charge is 0.0295 e. The van der Waals surface area contributed by atoms with E-state index in [1.807, 2.05) is 0 Å². The van der Waals surface area contributed by atoms with Crippen LogP contribution in [0.15, 0.2) is 0 Å². The Bertz CT molecular complexity index is 516. The Kier molecular flexibility index (Phi) is 7.62. The van der Waals surface area contributed by atoms with Gasteiger partial charge in [-0.15, -0.1) is 0 Å². The fourth-order valence-electron chi connectivity index (χ4n) is 9.06. The Balaban J connectivity index is 1.38. The molecule has 5 unspecified atom stereocenters. The van der Waals surface area contributed by atoms with Crippen LogP contribution in [0.4, 0.5) is 0 Å². The van der Waals surface area contributed by atoms with Gasteiger partial charge in [-0.05, 0) is 116 Å². The summed E-state index contributed by atoms with van der Waals surface area (Å²) in [5.41, 5.74) is 0.596. The lowest BCUT2D eigenvalue weighted by Crippen LogP contribution is -2.35. The zero-order valence-corrected chi connectivity index (χ0v) is 21.3. The van der Waals surface area contributed by atoms with Crippen molar-refractivity contribution in [2.75, 3.05) is 0 Å². The lowest BCUT2D eigenvalue weighted by Gasteiger charge is -2.44. The van der Waals surface area contributed by atoms with E-state index in [0.29, 0.717) is 5.41 Å². The topological polar surface area (TPSA) is 0 Å². The first-order chi connectivity index (χ1) is 14.4. The predicted molar refractivity (Wildman–Crippen MR) is 131 cm³/mol. The molecule has 0 saturated heterocycles. The molecule has 174 valence electrons. The van der Waals surface area contributed by atoms with Gasteiger partial charge >= 0.3 is 0 Å². The maximum atomic E-state index is 2.71. The molecule has 0 N–H and O–H groups in total. The first-order valence-corrected chi connectivity index (χ1v) is 14.4. The van der Waals surface area contributed by atoms with Crippen LogP contribution in [0.1, 0.15) is 131 Å². The number of hydrogen-bond acceptors (Lipinski definition) is 0. The third-order valence-corrected chi connectivity index (χ3v) is 11.3. The van der Waals surface area contributed by atoms with Gasteiger partial charge in [-0.25, -0.2) is 0 Å². The minimum absolute atomic E-state index is 0.596. The summed E-state index contributed by atoms with van der Waals surface area (Å²) in [5, 5.41) is 0. The molecule has 0 heteroatoms. The van der Waals surface area contributed by atoms with Crippen molar-refractivity contribution in [3.63, 3.8) is 0 Å². The molecule has 4 rings (SSSR count). The predicted octanol–water partition coefficient (Wildman–Crippen LogP) is 9.52. The minimum Gasteiger partial charge on any atom is -0.0654 e. The summed E-state index contributed by atoms with van der Waals surface area (Å²) in [6, 6.07) is 0. The quantitative estimate of drug-likeness (QED) is 0.406. The number of fused-ring (bicyclic) bond motifs is 1. The first kappa shape index (κ1) is 23.2. The van der Waals surface area contributed by atoms with Crippen molar-refractivity contribution in [2.45, 2.75) is 131 Å². The van der Waals surface area contributed by atoms with Crippen molar-refractivity contribution in [1.82, 2.24) is 0 Å². The largest absolute Gasteiger partial charge is 0.0654 e. The van der Waals surface area contributed by atoms with E-state index in [1.54, 1.807) is 44.9 Å². The second kappa shape index (κ2) is 9.87. The summed E-state index contributed by atoms with van der Waals surface area (Å²) in [6.07, 6.45) is 23.0. The van der Waals surface area contributed by atoms with Gasteiger partial charge in [-0.3, -0.25) is 0 Å². The molecule has 5 atom stereocenters. The Hall–Kier alpha value is 0. The lowest BCUT2D eigenvalue weighted by atomic mass is 9.61. The minimum atomic E-state index is 0.596. The van der Waals surface area contributed by atoms with Crippen LogP contribution in [0, 0.1) is 58.7 Å². The monoisotopic (exact) mass is 414 g/mol. The first-order valence-electron chi connectivity index (χ1n) is 14.4. The van der Waals surface area contributed by atoms with Crippen molar-refractivity contribution in [3.8, 4) is 0 Å². The van der Waals surface area contributed by atoms with E-state index in [9.17, 15) is 0 Å². The number of rotatable bonds is 6. The second-order valence-corrected chi connectivity index (χ2v) is 13.5. The van der Waals surface area contributed by atoms with Gasteiger partial charge in [-0.2, -0.15) is 0 Å². The van der Waals surface area contributed by atoms with Crippen LogP contribution in [-0.4, -0.2) is 0 Å². The molecule has 0 bridgehead atoms. The van der Waals surface area contributed by atoms with Gasteiger partial charge in [0.05, 0.1) is 0 Å². The molecule has 4 aliphatic carbocycles. The van der Waals surface area contributed by atoms with E-state index < -0.39 is 0 Å². The fourth-order valence-corrected chi connectivity index (χ4v) is 9.06. The van der Waals surface area contributed by atoms with Crippen molar-refractivity contribution in [2.24, 2.45) is 58.7 Å². The van der Waals surface area contributed by atoms with Crippen molar-refractivity contribution >= 4 is 0 Å². The summed E-state index contributed by atoms with van der Waals surface area (Å²) < 4.78 is 0. The standard InChI is InChI=1S/C30H54/c1-6-7-25(23-12-8-21(2)9-13-23)18-28-19-27-17-16-26(20-29(27)30(28,4)5)24-14-10-22(3)11-15-24/h21-29H,6-20H2,1-5H3. The molecule has 0 nitrogen and oxygen atoms in total. The highest BCUT2D eigenvalue weighted by Gasteiger charge is 2.52. The Morgan fingerprint density at radius 1 is 0.700 bits per heavy atom. The molecular formula is C30H54. The molecule has 0 aromatic carbocycles. The van der Waals surface area contributed by atoms with E-state index in [-0.39, 0.29) is 0 Å². The van der Waals surface area contributed by atoms with E-state index in [2.05, 4.69) is 34.6 Å². The molecule has 0 aromatic rings. The van der Waals surface area contributed by atoms with Crippen molar-refractivity contribution in [1.29, 1.82) is 0 Å². The van der Waals surface area contributed by atoms with E-state index in [0.717, 1.165) is 53.3 Å². The highest BCUT2D eigenvalue weighted by atomic mass is 14.6. The summed E-state index contributed by atoms with van der Waals surface area (Å²) in [6.45, 7) is 12.8. The van der Waals surface area contributed by atoms with Crippen molar-refractivity contribution in [3.05, 3.63) is 0 Å². The van der Waals surface area contributed by atoms with Crippen LogP contribution >= 0.6 is 0 Å². The Morgan fingerprint density at radius 2 is 1.27 bits per heavy atom. The molecule has 0 aliphatic heterocycles. The average Bonchev–Trinajstić information content (AvgIpc) is 2.98. The molecule has 30 heavy (non-hydrogen) atoms. The maximum Gasteiger partial charge on any atom is -0.0295 e. The third-order valence-electron chi connectivity index (χ3n) is 11.3. The van der Waals surface area contributed by atoms with E-state index >= 15 is 0 Å². The van der Waals surface area contributed by atoms with Gasteiger partial charge in [0.15, 0.2) is 0 Å². The van der Waals surface area contributed by atoms with Gasteiger partial charge in [0.1, 0.15) is 0 Å². The lowest BCUT2D eigenvalue weighted by molar-refractivity contribution is 0.0576. The molecule has 4 saturated carbocycles. The van der Waals surface area contributed by atoms with Crippen LogP contribution < -0.4 is 0 Å². The van der Waals surface area contributed by atoms with E-state index in [1.165, 1.54) is 51.4 Å². The maximum absolute atomic E-state index is 2.71. The summed E-state index contributed by atoms with van der Waals surface area (Å²) in [7, 11) is 0. The van der Waals surface area contributed by atoms with Gasteiger partial charge in [0.2, 0.25) is 0 Å². The molecule has 0 aromatic heterocycles. The zero-order valence-electron chi connectivity index (χ0n) is 21.3. The molecule has 0 spiro atoms. The van der Waals surface area contributed by atoms with Crippen LogP contribution in [0.25, 0.3) is 0 Å². The summed E-state index contributed by atoms with van der Waals surface area (Å²) in [5.74, 6) is 9.34. The molecule has 4 aliphatic rings. The number of hydrogen-bond donors (Lipinski definition) is 0. The molecule has 0 amide bonds. The highest BCUT2D eigenvalue weighted by Crippen LogP contribution is 2.60. The van der Waals surface area contributed by atoms with Crippen molar-refractivity contribution < 1.29 is 0 Å². The Labute approximate surface area is 189 Å². The van der Waals surface area contributed by atoms with Crippen LogP contribution in [0.3, 0.4) is 0 Å². The van der Waals surface area contributed by atoms with Gasteiger partial charge < -0.3 is 0 Å². The second-order valence-electron chi connectivity index (χ2n) is 13.5. The van der Waals surface area contributed by atoms with Crippen LogP contribution in [-0.2, 0) is 0 Å². The van der Waals surface area contributed by atoms with E-state index in [4.69, 9.17) is 0 Å². The van der Waals surface area contributed by atoms with Crippen LogP contribution in [0.5, 0.6) is 0 Å². The SMILES string of the molecule is CCCC(CC1CC2CCC(C3CCC(C)CC3)CC2C1(C)C)C1CCC(C)CC1. The third kappa shape index (κ3) is 4.98. The zero-order chi connectivity index (χ0) is 21.3. The van der Waals surface area contributed by atoms with Gasteiger partial charge in [0.25, 0.3) is 0 Å². The summed E-state index contributed by atoms with van der Waals surface area (Å²) in [4.78, 5) is 0. The fraction of sp³-hybridized carbons (Fsp3) is 1.00. The summed E-state index contributed by atoms with van der Waals surface area (Å²) >= 11 is 0. The molecular weight excluding hydrogens is 360 g/mol.